The molecule has 0 radical (unpaired) electrons. The van der Waals surface area contributed by atoms with E-state index < -0.39 is 17.3 Å². The van der Waals surface area contributed by atoms with Crippen LogP contribution >= 0.6 is 12.2 Å². The molecule has 0 saturated carbocycles. The number of aromatic nitrogens is 1. The van der Waals surface area contributed by atoms with Gasteiger partial charge in [-0.05, 0) is 65.7 Å². The number of alkyl halides is 3. The third-order valence-electron chi connectivity index (χ3n) is 5.49. The second-order valence-corrected chi connectivity index (χ2v) is 8.32. The Hall–Kier alpha value is -3.85. The number of benzene rings is 3. The SMILES string of the molecule is COc1ccc(CNC(=S)Nc2ccccc2Cc2ccc3[nH]c(=O)cc(C(F)(F)F)c3c2)cc1. The normalized spacial score (nSPS) is 11.3. The first-order valence-electron chi connectivity index (χ1n) is 10.7. The number of hydrogen-bond acceptors (Lipinski definition) is 3. The number of hydrogen-bond donors (Lipinski definition) is 3. The first-order valence-corrected chi connectivity index (χ1v) is 11.1. The molecule has 180 valence electrons. The molecular formula is C26H22F3N3O2S. The van der Waals surface area contributed by atoms with Crippen molar-refractivity contribution < 1.29 is 17.9 Å². The second-order valence-electron chi connectivity index (χ2n) is 7.91. The molecule has 3 aromatic carbocycles. The number of thiocarbonyl (C=S) groups is 1. The highest BCUT2D eigenvalue weighted by molar-refractivity contribution is 7.80. The highest BCUT2D eigenvalue weighted by atomic mass is 32.1. The van der Waals surface area contributed by atoms with E-state index in [1.165, 1.54) is 12.1 Å². The van der Waals surface area contributed by atoms with Crippen molar-refractivity contribution in [2.75, 3.05) is 12.4 Å². The third kappa shape index (κ3) is 5.99. The van der Waals surface area contributed by atoms with Crippen LogP contribution in [0.3, 0.4) is 0 Å². The van der Waals surface area contributed by atoms with Crippen LogP contribution in [0.1, 0.15) is 22.3 Å². The molecule has 5 nitrogen and oxygen atoms in total. The summed E-state index contributed by atoms with van der Waals surface area (Å²) in [5.74, 6) is 0.769. The maximum Gasteiger partial charge on any atom is 0.417 e. The van der Waals surface area contributed by atoms with Crippen molar-refractivity contribution in [1.82, 2.24) is 10.3 Å². The van der Waals surface area contributed by atoms with Gasteiger partial charge in [0.05, 0.1) is 12.7 Å². The van der Waals surface area contributed by atoms with E-state index in [0.717, 1.165) is 22.6 Å². The minimum absolute atomic E-state index is 0.0447. The predicted molar refractivity (Wildman–Crippen MR) is 135 cm³/mol. The zero-order valence-corrected chi connectivity index (χ0v) is 19.5. The smallest absolute Gasteiger partial charge is 0.417 e. The molecule has 4 rings (SSSR count). The Morgan fingerprint density at radius 3 is 2.43 bits per heavy atom. The Morgan fingerprint density at radius 1 is 1.00 bits per heavy atom. The fraction of sp³-hybridized carbons (Fsp3) is 0.154. The van der Waals surface area contributed by atoms with E-state index in [2.05, 4.69) is 15.6 Å². The minimum Gasteiger partial charge on any atom is -0.497 e. The highest BCUT2D eigenvalue weighted by Crippen LogP contribution is 2.34. The van der Waals surface area contributed by atoms with Gasteiger partial charge in [-0.1, -0.05) is 36.4 Å². The van der Waals surface area contributed by atoms with Crippen LogP contribution in [0.25, 0.3) is 10.9 Å². The lowest BCUT2D eigenvalue weighted by Gasteiger charge is -2.15. The molecule has 35 heavy (non-hydrogen) atoms. The van der Waals surface area contributed by atoms with Gasteiger partial charge >= 0.3 is 6.18 Å². The van der Waals surface area contributed by atoms with Gasteiger partial charge in [0.15, 0.2) is 5.11 Å². The lowest BCUT2D eigenvalue weighted by molar-refractivity contribution is -0.136. The molecular weight excluding hydrogens is 475 g/mol. The number of anilines is 1. The van der Waals surface area contributed by atoms with Crippen molar-refractivity contribution >= 4 is 33.9 Å². The Labute approximate surface area is 205 Å². The number of pyridine rings is 1. The molecule has 1 aromatic heterocycles. The van der Waals surface area contributed by atoms with Gasteiger partial charge in [-0.25, -0.2) is 0 Å². The quantitative estimate of drug-likeness (QED) is 0.301. The number of rotatable bonds is 6. The van der Waals surface area contributed by atoms with Crippen LogP contribution in [0.15, 0.2) is 77.6 Å². The van der Waals surface area contributed by atoms with E-state index in [1.54, 1.807) is 13.2 Å². The summed E-state index contributed by atoms with van der Waals surface area (Å²) in [6.07, 6.45) is -4.26. The van der Waals surface area contributed by atoms with Gasteiger partial charge in [-0.15, -0.1) is 0 Å². The van der Waals surface area contributed by atoms with Crippen molar-refractivity contribution in [2.45, 2.75) is 19.1 Å². The summed E-state index contributed by atoms with van der Waals surface area (Å²) >= 11 is 5.44. The van der Waals surface area contributed by atoms with E-state index in [1.807, 2.05) is 48.5 Å². The number of H-pyrrole nitrogens is 1. The van der Waals surface area contributed by atoms with Crippen molar-refractivity contribution in [3.63, 3.8) is 0 Å². The standard InChI is InChI=1S/C26H22F3N3O2S/c1-34-19-9-6-16(7-10-19)15-30-25(35)32-22-5-3-2-4-18(22)12-17-8-11-23-20(13-17)21(26(27,28)29)14-24(33)31-23/h2-11,13-14H,12,15H2,1H3,(H,31,33)(H2,30,32,35). The van der Waals surface area contributed by atoms with E-state index in [9.17, 15) is 18.0 Å². The molecule has 0 bridgehead atoms. The van der Waals surface area contributed by atoms with Gasteiger partial charge in [0.2, 0.25) is 5.56 Å². The maximum atomic E-state index is 13.5. The summed E-state index contributed by atoms with van der Waals surface area (Å²) in [7, 11) is 1.61. The fourth-order valence-corrected chi connectivity index (χ4v) is 3.94. The van der Waals surface area contributed by atoms with E-state index in [4.69, 9.17) is 17.0 Å². The number of para-hydroxylation sites is 1. The molecule has 0 aliphatic heterocycles. The van der Waals surface area contributed by atoms with Crippen LogP contribution in [0, 0.1) is 0 Å². The average molecular weight is 498 g/mol. The van der Waals surface area contributed by atoms with Gasteiger partial charge in [0.1, 0.15) is 5.75 Å². The second kappa shape index (κ2) is 10.2. The monoisotopic (exact) mass is 497 g/mol. The van der Waals surface area contributed by atoms with Crippen LogP contribution in [0.5, 0.6) is 5.75 Å². The topological polar surface area (TPSA) is 66.2 Å². The molecule has 9 heteroatoms. The van der Waals surface area contributed by atoms with E-state index in [0.29, 0.717) is 29.7 Å². The molecule has 4 aromatic rings. The van der Waals surface area contributed by atoms with Gasteiger partial charge in [-0.3, -0.25) is 4.79 Å². The van der Waals surface area contributed by atoms with E-state index >= 15 is 0 Å². The Bertz CT molecular complexity index is 1420. The Kier molecular flexibility index (Phi) is 7.07. The highest BCUT2D eigenvalue weighted by Gasteiger charge is 2.33. The summed E-state index contributed by atoms with van der Waals surface area (Å²) in [5, 5.41) is 6.70. The van der Waals surface area contributed by atoms with Crippen LogP contribution in [-0.2, 0) is 19.1 Å². The summed E-state index contributed by atoms with van der Waals surface area (Å²) in [6, 6.07) is 20.3. The molecule has 1 heterocycles. The number of methoxy groups -OCH3 is 1. The lowest BCUT2D eigenvalue weighted by atomic mass is 9.99. The largest absolute Gasteiger partial charge is 0.497 e. The van der Waals surface area contributed by atoms with Gasteiger partial charge in [0, 0.05) is 29.2 Å². The van der Waals surface area contributed by atoms with Crippen molar-refractivity contribution in [3.8, 4) is 5.75 Å². The zero-order valence-electron chi connectivity index (χ0n) is 18.7. The van der Waals surface area contributed by atoms with Crippen LogP contribution in [-0.4, -0.2) is 17.2 Å². The predicted octanol–water partition coefficient (Wildman–Crippen LogP) is 5.63. The summed E-state index contributed by atoms with van der Waals surface area (Å²) < 4.78 is 45.7. The van der Waals surface area contributed by atoms with Gasteiger partial charge < -0.3 is 20.4 Å². The molecule has 0 aliphatic rings. The summed E-state index contributed by atoms with van der Waals surface area (Å²) in [4.78, 5) is 14.1. The van der Waals surface area contributed by atoms with Crippen molar-refractivity contribution in [2.24, 2.45) is 0 Å². The molecule has 3 N–H and O–H groups in total. The molecule has 0 unspecified atom stereocenters. The fourth-order valence-electron chi connectivity index (χ4n) is 3.75. The lowest BCUT2D eigenvalue weighted by Crippen LogP contribution is -2.28. The number of aromatic amines is 1. The van der Waals surface area contributed by atoms with Crippen molar-refractivity contribution in [3.05, 3.63) is 105 Å². The number of fused-ring (bicyclic) bond motifs is 1. The van der Waals surface area contributed by atoms with Gasteiger partial charge in [0.25, 0.3) is 0 Å². The zero-order chi connectivity index (χ0) is 25.0. The Morgan fingerprint density at radius 2 is 1.71 bits per heavy atom. The van der Waals surface area contributed by atoms with Crippen LogP contribution < -0.4 is 20.9 Å². The number of halogens is 3. The van der Waals surface area contributed by atoms with E-state index in [-0.39, 0.29) is 10.9 Å². The molecule has 0 amide bonds. The average Bonchev–Trinajstić information content (AvgIpc) is 2.83. The maximum absolute atomic E-state index is 13.5. The minimum atomic E-state index is -4.63. The van der Waals surface area contributed by atoms with Crippen molar-refractivity contribution in [1.29, 1.82) is 0 Å². The third-order valence-corrected chi connectivity index (χ3v) is 5.73. The molecule has 0 fully saturated rings. The number of ether oxygens (including phenoxy) is 1. The molecule has 0 aliphatic carbocycles. The molecule has 0 atom stereocenters. The summed E-state index contributed by atoms with van der Waals surface area (Å²) in [5.41, 5.74) is 1.70. The number of nitrogens with one attached hydrogen (secondary N) is 3. The van der Waals surface area contributed by atoms with Gasteiger partial charge in [-0.2, -0.15) is 13.2 Å². The Balaban J connectivity index is 1.51. The van der Waals surface area contributed by atoms with Crippen LogP contribution in [0.2, 0.25) is 0 Å². The molecule has 0 spiro atoms. The van der Waals surface area contributed by atoms with Crippen LogP contribution in [0.4, 0.5) is 18.9 Å². The molecule has 0 saturated heterocycles. The first kappa shape index (κ1) is 24.3. The summed E-state index contributed by atoms with van der Waals surface area (Å²) in [6.45, 7) is 0.515. The first-order chi connectivity index (χ1) is 16.7.